The van der Waals surface area contributed by atoms with E-state index < -0.39 is 29.3 Å². The number of ketones is 1. The zero-order chi connectivity index (χ0) is 22.1. The molecule has 4 rings (SSSR count). The number of ether oxygens (including phenoxy) is 1. The average molecular weight is 418 g/mol. The Morgan fingerprint density at radius 2 is 1.87 bits per heavy atom. The molecule has 2 heterocycles. The maximum absolute atomic E-state index is 13.9. The summed E-state index contributed by atoms with van der Waals surface area (Å²) >= 11 is 0. The molecule has 1 atom stereocenters. The molecule has 1 fully saturated rings. The van der Waals surface area contributed by atoms with E-state index >= 15 is 0 Å². The average Bonchev–Trinajstić information content (AvgIpc) is 3.05. The van der Waals surface area contributed by atoms with Gasteiger partial charge in [0, 0.05) is 18.1 Å². The van der Waals surface area contributed by atoms with Gasteiger partial charge in [-0.3, -0.25) is 19.5 Å². The second kappa shape index (κ2) is 8.02. The van der Waals surface area contributed by atoms with Crippen LogP contribution < -0.4 is 9.64 Å². The highest BCUT2D eigenvalue weighted by atomic mass is 19.1. The lowest BCUT2D eigenvalue weighted by molar-refractivity contribution is -0.132. The van der Waals surface area contributed by atoms with E-state index in [-0.39, 0.29) is 16.9 Å². The van der Waals surface area contributed by atoms with Gasteiger partial charge in [-0.15, -0.1) is 0 Å². The Labute approximate surface area is 178 Å². The van der Waals surface area contributed by atoms with Crippen molar-refractivity contribution in [2.75, 3.05) is 12.0 Å². The monoisotopic (exact) mass is 418 g/mol. The molecule has 1 amide bonds. The number of pyridine rings is 1. The van der Waals surface area contributed by atoms with E-state index in [9.17, 15) is 19.1 Å². The molecule has 0 radical (unpaired) electrons. The lowest BCUT2D eigenvalue weighted by Crippen LogP contribution is -2.29. The molecule has 0 bridgehead atoms. The third-order valence-electron chi connectivity index (χ3n) is 5.17. The van der Waals surface area contributed by atoms with Gasteiger partial charge in [0.1, 0.15) is 17.3 Å². The van der Waals surface area contributed by atoms with Gasteiger partial charge >= 0.3 is 0 Å². The fraction of sp³-hybridized carbons (Fsp3) is 0.125. The van der Waals surface area contributed by atoms with Gasteiger partial charge < -0.3 is 9.84 Å². The van der Waals surface area contributed by atoms with Gasteiger partial charge in [-0.25, -0.2) is 4.39 Å². The highest BCUT2D eigenvalue weighted by molar-refractivity contribution is 6.51. The van der Waals surface area contributed by atoms with Crippen molar-refractivity contribution in [2.24, 2.45) is 0 Å². The van der Waals surface area contributed by atoms with E-state index in [0.29, 0.717) is 11.3 Å². The van der Waals surface area contributed by atoms with Crippen molar-refractivity contribution in [1.29, 1.82) is 0 Å². The fourth-order valence-electron chi connectivity index (χ4n) is 3.67. The van der Waals surface area contributed by atoms with Crippen LogP contribution in [0.3, 0.4) is 0 Å². The number of halogens is 1. The number of amides is 1. The summed E-state index contributed by atoms with van der Waals surface area (Å²) in [6, 6.07) is 13.1. The molecule has 1 aliphatic rings. The minimum atomic E-state index is -0.940. The lowest BCUT2D eigenvalue weighted by atomic mass is 9.95. The molecule has 1 N–H and O–H groups in total. The van der Waals surface area contributed by atoms with Crippen molar-refractivity contribution in [1.82, 2.24) is 4.98 Å². The molecule has 1 saturated heterocycles. The molecule has 156 valence electrons. The van der Waals surface area contributed by atoms with Gasteiger partial charge in [0.2, 0.25) is 0 Å². The zero-order valence-corrected chi connectivity index (χ0v) is 16.9. The van der Waals surface area contributed by atoms with Crippen molar-refractivity contribution >= 4 is 23.1 Å². The maximum Gasteiger partial charge on any atom is 0.300 e. The van der Waals surface area contributed by atoms with E-state index in [0.717, 1.165) is 11.6 Å². The first-order valence-corrected chi connectivity index (χ1v) is 9.54. The second-order valence-corrected chi connectivity index (χ2v) is 7.14. The van der Waals surface area contributed by atoms with Crippen LogP contribution in [0.1, 0.15) is 22.7 Å². The number of anilines is 1. The number of rotatable bonds is 4. The van der Waals surface area contributed by atoms with E-state index in [2.05, 4.69) is 4.98 Å². The molecule has 6 nitrogen and oxygen atoms in total. The molecule has 7 heteroatoms. The Morgan fingerprint density at radius 1 is 1.13 bits per heavy atom. The number of aryl methyl sites for hydroxylation is 1. The molecule has 0 spiro atoms. The summed E-state index contributed by atoms with van der Waals surface area (Å²) in [7, 11) is 1.37. The van der Waals surface area contributed by atoms with Crippen LogP contribution in [0, 0.1) is 12.7 Å². The number of hydrogen-bond acceptors (Lipinski definition) is 5. The van der Waals surface area contributed by atoms with Gasteiger partial charge in [-0.05, 0) is 48.9 Å². The van der Waals surface area contributed by atoms with Crippen LogP contribution in [-0.4, -0.2) is 28.9 Å². The van der Waals surface area contributed by atoms with Gasteiger partial charge in [-0.1, -0.05) is 23.8 Å². The largest absolute Gasteiger partial charge is 0.507 e. The highest BCUT2D eigenvalue weighted by Gasteiger charge is 2.47. The van der Waals surface area contributed by atoms with E-state index in [1.165, 1.54) is 30.3 Å². The van der Waals surface area contributed by atoms with Crippen LogP contribution in [0.15, 0.2) is 72.6 Å². The fourth-order valence-corrected chi connectivity index (χ4v) is 3.67. The normalized spacial score (nSPS) is 17.8. The number of carbonyl (C=O) groups excluding carboxylic acids is 2. The number of benzene rings is 2. The van der Waals surface area contributed by atoms with Crippen molar-refractivity contribution in [3.05, 3.63) is 95.1 Å². The topological polar surface area (TPSA) is 79.7 Å². The summed E-state index contributed by atoms with van der Waals surface area (Å²) in [5.41, 5.74) is 1.83. The molecule has 0 aliphatic carbocycles. The summed E-state index contributed by atoms with van der Waals surface area (Å²) < 4.78 is 19.2. The van der Waals surface area contributed by atoms with Crippen molar-refractivity contribution in [3.63, 3.8) is 0 Å². The Kier molecular flexibility index (Phi) is 5.25. The zero-order valence-electron chi connectivity index (χ0n) is 16.9. The maximum atomic E-state index is 13.9. The Morgan fingerprint density at radius 3 is 2.52 bits per heavy atom. The van der Waals surface area contributed by atoms with Crippen molar-refractivity contribution in [2.45, 2.75) is 13.0 Å². The SMILES string of the molecule is COc1ccc(F)cc1/C(O)=C1\C(=O)C(=O)N(c2ccc(C)cc2)C1c1cccnc1. The number of aliphatic hydroxyl groups is 1. The summed E-state index contributed by atoms with van der Waals surface area (Å²) in [5.74, 6) is -2.63. The standard InChI is InChI=1S/C24H19FN2O4/c1-14-5-8-17(9-6-14)27-21(15-4-3-11-26-13-15)20(23(29)24(27)30)22(28)18-12-16(25)7-10-19(18)31-2/h3-13,21,28H,1-2H3/b22-20+. The molecular weight excluding hydrogens is 399 g/mol. The van der Waals surface area contributed by atoms with Crippen LogP contribution in [0.25, 0.3) is 5.76 Å². The minimum Gasteiger partial charge on any atom is -0.507 e. The molecule has 2 aromatic carbocycles. The Bertz CT molecular complexity index is 1190. The number of methoxy groups -OCH3 is 1. The minimum absolute atomic E-state index is 0.0155. The number of aromatic nitrogens is 1. The van der Waals surface area contributed by atoms with E-state index in [1.807, 2.05) is 19.1 Å². The number of carbonyl (C=O) groups is 2. The quantitative estimate of drug-likeness (QED) is 0.391. The van der Waals surface area contributed by atoms with Crippen LogP contribution in [0.4, 0.5) is 10.1 Å². The van der Waals surface area contributed by atoms with Gasteiger partial charge in [0.05, 0.1) is 24.3 Å². The summed E-state index contributed by atoms with van der Waals surface area (Å²) in [4.78, 5) is 31.5. The molecule has 1 aromatic heterocycles. The predicted octanol–water partition coefficient (Wildman–Crippen LogP) is 4.16. The molecular formula is C24H19FN2O4. The summed E-state index contributed by atoms with van der Waals surface area (Å²) in [6.45, 7) is 1.91. The van der Waals surface area contributed by atoms with Crippen LogP contribution in [0.2, 0.25) is 0 Å². The number of Topliss-reactive ketones (excluding diaryl/α,β-unsaturated/α-hetero) is 1. The molecule has 0 saturated carbocycles. The first kappa shape index (κ1) is 20.3. The van der Waals surface area contributed by atoms with Crippen LogP contribution >= 0.6 is 0 Å². The Balaban J connectivity index is 1.97. The van der Waals surface area contributed by atoms with Crippen molar-refractivity contribution in [3.8, 4) is 5.75 Å². The first-order chi connectivity index (χ1) is 14.9. The highest BCUT2D eigenvalue weighted by Crippen LogP contribution is 2.43. The smallest absolute Gasteiger partial charge is 0.300 e. The lowest BCUT2D eigenvalue weighted by Gasteiger charge is -2.25. The number of nitrogens with zero attached hydrogens (tertiary/aromatic N) is 2. The number of aliphatic hydroxyl groups excluding tert-OH is 1. The first-order valence-electron chi connectivity index (χ1n) is 9.54. The van der Waals surface area contributed by atoms with Crippen LogP contribution in [-0.2, 0) is 9.59 Å². The van der Waals surface area contributed by atoms with Gasteiger partial charge in [0.15, 0.2) is 0 Å². The third-order valence-corrected chi connectivity index (χ3v) is 5.17. The summed E-state index contributed by atoms with van der Waals surface area (Å²) in [6.07, 6.45) is 3.09. The second-order valence-electron chi connectivity index (χ2n) is 7.14. The van der Waals surface area contributed by atoms with E-state index in [1.54, 1.807) is 30.5 Å². The third kappa shape index (κ3) is 3.54. The van der Waals surface area contributed by atoms with Gasteiger partial charge in [-0.2, -0.15) is 0 Å². The van der Waals surface area contributed by atoms with Crippen LogP contribution in [0.5, 0.6) is 5.75 Å². The predicted molar refractivity (Wildman–Crippen MR) is 113 cm³/mol. The molecule has 31 heavy (non-hydrogen) atoms. The summed E-state index contributed by atoms with van der Waals surface area (Å²) in [5, 5.41) is 11.1. The van der Waals surface area contributed by atoms with Crippen molar-refractivity contribution < 1.29 is 23.8 Å². The van der Waals surface area contributed by atoms with Gasteiger partial charge in [0.25, 0.3) is 11.7 Å². The Hall–Kier alpha value is -4.00. The molecule has 1 aliphatic heterocycles. The molecule has 3 aromatic rings. The molecule has 1 unspecified atom stereocenters. The van der Waals surface area contributed by atoms with E-state index in [4.69, 9.17) is 4.74 Å². The number of hydrogen-bond donors (Lipinski definition) is 1.